The zero-order valence-electron chi connectivity index (χ0n) is 9.66. The second-order valence-corrected chi connectivity index (χ2v) is 4.04. The Balaban J connectivity index is 1.92. The van der Waals surface area contributed by atoms with Gasteiger partial charge < -0.3 is 24.9 Å². The molecule has 1 aliphatic heterocycles. The molecule has 17 heavy (non-hydrogen) atoms. The lowest BCUT2D eigenvalue weighted by atomic mass is 10.3. The minimum Gasteiger partial charge on any atom is -0.374 e. The number of aromatic amines is 2. The fourth-order valence-corrected chi connectivity index (χ4v) is 1.78. The third-order valence-electron chi connectivity index (χ3n) is 2.65. The van der Waals surface area contributed by atoms with Crippen molar-refractivity contribution in [3.63, 3.8) is 0 Å². The van der Waals surface area contributed by atoms with Crippen LogP contribution in [0.15, 0.2) is 11.0 Å². The Morgan fingerprint density at radius 1 is 1.65 bits per heavy atom. The first-order valence-corrected chi connectivity index (χ1v) is 5.52. The highest BCUT2D eigenvalue weighted by Crippen LogP contribution is 2.02. The van der Waals surface area contributed by atoms with Crippen LogP contribution in [0.1, 0.15) is 10.5 Å². The number of ether oxygens (including phenoxy) is 1. The first kappa shape index (κ1) is 11.9. The molecule has 1 aromatic heterocycles. The minimum absolute atomic E-state index is 0.00311. The lowest BCUT2D eigenvalue weighted by Crippen LogP contribution is -2.45. The number of nitrogens with zero attached hydrogens (tertiary/aromatic N) is 1. The van der Waals surface area contributed by atoms with Crippen LogP contribution in [0, 0.1) is 0 Å². The van der Waals surface area contributed by atoms with E-state index < -0.39 is 0 Å². The molecule has 0 spiro atoms. The second-order valence-electron chi connectivity index (χ2n) is 4.04. The predicted octanol–water partition coefficient (Wildman–Crippen LogP) is -1.24. The number of H-pyrrole nitrogens is 2. The molecule has 1 unspecified atom stereocenters. The number of aromatic nitrogens is 2. The van der Waals surface area contributed by atoms with E-state index in [0.29, 0.717) is 13.2 Å². The number of amides is 1. The molecule has 1 aliphatic rings. The summed E-state index contributed by atoms with van der Waals surface area (Å²) in [6, 6.07) is 0. The number of hydrogen-bond donors (Lipinski definition) is 3. The van der Waals surface area contributed by atoms with Crippen molar-refractivity contribution < 1.29 is 9.53 Å². The first-order chi connectivity index (χ1) is 8.16. The van der Waals surface area contributed by atoms with Crippen LogP contribution >= 0.6 is 0 Å². The number of carbonyl (C=O) groups is 1. The summed E-state index contributed by atoms with van der Waals surface area (Å²) in [4.78, 5) is 29.2. The predicted molar refractivity (Wildman–Crippen MR) is 61.0 cm³/mol. The van der Waals surface area contributed by atoms with Gasteiger partial charge in [0.2, 0.25) is 0 Å². The third-order valence-corrected chi connectivity index (χ3v) is 2.65. The van der Waals surface area contributed by atoms with Crippen LogP contribution in [-0.2, 0) is 4.74 Å². The molecule has 7 nitrogen and oxygen atoms in total. The van der Waals surface area contributed by atoms with Crippen LogP contribution in [0.3, 0.4) is 0 Å². The Bertz CT molecular complexity index is 433. The van der Waals surface area contributed by atoms with E-state index in [1.807, 2.05) is 0 Å². The van der Waals surface area contributed by atoms with Gasteiger partial charge in [0, 0.05) is 32.9 Å². The Kier molecular flexibility index (Phi) is 3.60. The molecule has 2 rings (SSSR count). The zero-order valence-corrected chi connectivity index (χ0v) is 9.66. The quantitative estimate of drug-likeness (QED) is 0.616. The van der Waals surface area contributed by atoms with Crippen LogP contribution < -0.4 is 11.0 Å². The Labute approximate surface area is 98.2 Å². The van der Waals surface area contributed by atoms with Crippen molar-refractivity contribution in [3.8, 4) is 0 Å². The summed E-state index contributed by atoms with van der Waals surface area (Å²) in [6.45, 7) is 2.74. The van der Waals surface area contributed by atoms with E-state index in [0.717, 1.165) is 13.1 Å². The highest BCUT2D eigenvalue weighted by molar-refractivity contribution is 5.91. The number of nitrogens with one attached hydrogen (secondary N) is 3. The molecule has 1 atom stereocenters. The number of imidazole rings is 1. The number of likely N-dealkylation sites (N-methyl/N-ethyl adjacent to an activating group) is 1. The van der Waals surface area contributed by atoms with E-state index >= 15 is 0 Å². The van der Waals surface area contributed by atoms with Crippen molar-refractivity contribution in [1.29, 1.82) is 0 Å². The van der Waals surface area contributed by atoms with Crippen molar-refractivity contribution in [1.82, 2.24) is 20.2 Å². The highest BCUT2D eigenvalue weighted by Gasteiger charge is 2.20. The summed E-state index contributed by atoms with van der Waals surface area (Å²) >= 11 is 0. The summed E-state index contributed by atoms with van der Waals surface area (Å²) in [5.41, 5.74) is -0.112. The van der Waals surface area contributed by atoms with Gasteiger partial charge in [-0.1, -0.05) is 0 Å². The maximum Gasteiger partial charge on any atom is 0.323 e. The molecule has 1 saturated heterocycles. The summed E-state index contributed by atoms with van der Waals surface area (Å²) in [5, 5.41) is 3.20. The van der Waals surface area contributed by atoms with Crippen molar-refractivity contribution in [2.45, 2.75) is 6.10 Å². The van der Waals surface area contributed by atoms with E-state index in [1.165, 1.54) is 11.1 Å². The van der Waals surface area contributed by atoms with Crippen molar-refractivity contribution in [2.75, 3.05) is 33.3 Å². The minimum atomic E-state index is -0.377. The summed E-state index contributed by atoms with van der Waals surface area (Å²) in [6.07, 6.45) is 1.38. The number of carbonyl (C=O) groups excluding carboxylic acids is 1. The topological polar surface area (TPSA) is 90.2 Å². The molecular formula is C10H16N4O3. The largest absolute Gasteiger partial charge is 0.374 e. The SMILES string of the molecule is CN(CC1CNCCO1)C(=O)c1c[nH]c(=O)[nH]1. The van der Waals surface area contributed by atoms with Crippen molar-refractivity contribution in [3.05, 3.63) is 22.4 Å². The van der Waals surface area contributed by atoms with E-state index in [-0.39, 0.29) is 23.4 Å². The van der Waals surface area contributed by atoms with Crippen LogP contribution in [0.25, 0.3) is 0 Å². The normalized spacial score (nSPS) is 20.2. The molecule has 1 fully saturated rings. The van der Waals surface area contributed by atoms with Crippen LogP contribution in [0.4, 0.5) is 0 Å². The maximum atomic E-state index is 11.9. The lowest BCUT2D eigenvalue weighted by Gasteiger charge is -2.27. The fourth-order valence-electron chi connectivity index (χ4n) is 1.78. The van der Waals surface area contributed by atoms with Gasteiger partial charge in [-0.25, -0.2) is 4.79 Å². The smallest absolute Gasteiger partial charge is 0.323 e. The van der Waals surface area contributed by atoms with Gasteiger partial charge >= 0.3 is 5.69 Å². The Hall–Kier alpha value is -1.60. The molecule has 1 aromatic rings. The fraction of sp³-hybridized carbons (Fsp3) is 0.600. The number of morpholine rings is 1. The summed E-state index contributed by atoms with van der Waals surface area (Å²) in [5.74, 6) is -0.225. The summed E-state index contributed by atoms with van der Waals surface area (Å²) in [7, 11) is 1.69. The molecule has 0 aliphatic carbocycles. The Morgan fingerprint density at radius 3 is 3.06 bits per heavy atom. The van der Waals surface area contributed by atoms with Crippen molar-refractivity contribution in [2.24, 2.45) is 0 Å². The van der Waals surface area contributed by atoms with E-state index in [1.54, 1.807) is 7.05 Å². The Morgan fingerprint density at radius 2 is 2.47 bits per heavy atom. The maximum absolute atomic E-state index is 11.9. The molecule has 94 valence electrons. The van der Waals surface area contributed by atoms with Gasteiger partial charge in [0.1, 0.15) is 5.69 Å². The monoisotopic (exact) mass is 240 g/mol. The second kappa shape index (κ2) is 5.15. The van der Waals surface area contributed by atoms with Crippen LogP contribution in [0.5, 0.6) is 0 Å². The molecule has 0 aromatic carbocycles. The van der Waals surface area contributed by atoms with Crippen LogP contribution in [-0.4, -0.2) is 60.2 Å². The van der Waals surface area contributed by atoms with Gasteiger partial charge in [-0.3, -0.25) is 4.79 Å². The average molecular weight is 240 g/mol. The number of hydrogen-bond acceptors (Lipinski definition) is 4. The van der Waals surface area contributed by atoms with Gasteiger partial charge in [0.25, 0.3) is 5.91 Å². The summed E-state index contributed by atoms with van der Waals surface area (Å²) < 4.78 is 5.50. The van der Waals surface area contributed by atoms with Crippen LogP contribution in [0.2, 0.25) is 0 Å². The zero-order chi connectivity index (χ0) is 12.3. The average Bonchev–Trinajstić information content (AvgIpc) is 2.76. The first-order valence-electron chi connectivity index (χ1n) is 5.52. The van der Waals surface area contributed by atoms with Gasteiger partial charge in [-0.05, 0) is 0 Å². The molecule has 7 heteroatoms. The van der Waals surface area contributed by atoms with Gasteiger partial charge in [0.15, 0.2) is 0 Å². The molecule has 1 amide bonds. The standard InChI is InChI=1S/C10H16N4O3/c1-14(6-7-4-11-2-3-17-7)9(15)8-5-12-10(16)13-8/h5,7,11H,2-4,6H2,1H3,(H2,12,13,16). The lowest BCUT2D eigenvalue weighted by molar-refractivity contribution is 0.0102. The van der Waals surface area contributed by atoms with Gasteiger partial charge in [0.05, 0.1) is 12.7 Å². The van der Waals surface area contributed by atoms with Gasteiger partial charge in [-0.15, -0.1) is 0 Å². The molecule has 2 heterocycles. The third kappa shape index (κ3) is 2.95. The molecule has 0 radical (unpaired) electrons. The molecule has 0 saturated carbocycles. The molecular weight excluding hydrogens is 224 g/mol. The molecule has 3 N–H and O–H groups in total. The number of rotatable bonds is 3. The van der Waals surface area contributed by atoms with E-state index in [9.17, 15) is 9.59 Å². The van der Waals surface area contributed by atoms with Gasteiger partial charge in [-0.2, -0.15) is 0 Å². The van der Waals surface area contributed by atoms with E-state index in [4.69, 9.17) is 4.74 Å². The van der Waals surface area contributed by atoms with Crippen molar-refractivity contribution >= 4 is 5.91 Å². The molecule has 0 bridgehead atoms. The van der Waals surface area contributed by atoms with E-state index in [2.05, 4.69) is 15.3 Å². The highest BCUT2D eigenvalue weighted by atomic mass is 16.5.